The standard InChI is InChI=1S/C11H17N.CH4/c1-9(2)10-5-7-11(8-6-10)12(3)4;/h5-9H,1-4H3;1H4. The maximum absolute atomic E-state index is 2.21. The van der Waals surface area contributed by atoms with E-state index in [4.69, 9.17) is 0 Å². The topological polar surface area (TPSA) is 3.24 Å². The van der Waals surface area contributed by atoms with Crippen molar-refractivity contribution in [1.82, 2.24) is 0 Å². The molecule has 0 heterocycles. The van der Waals surface area contributed by atoms with Gasteiger partial charge < -0.3 is 4.90 Å². The molecule has 1 heteroatoms. The highest BCUT2D eigenvalue weighted by Gasteiger charge is 1.98. The molecule has 0 aromatic heterocycles. The summed E-state index contributed by atoms with van der Waals surface area (Å²) in [6.07, 6.45) is 0. The Balaban J connectivity index is 0.00000144. The molecule has 0 N–H and O–H groups in total. The van der Waals surface area contributed by atoms with Gasteiger partial charge >= 0.3 is 0 Å². The number of nitrogens with zero attached hydrogens (tertiary/aromatic N) is 1. The number of anilines is 1. The summed E-state index contributed by atoms with van der Waals surface area (Å²) in [6.45, 7) is 4.43. The first-order valence-corrected chi connectivity index (χ1v) is 4.38. The van der Waals surface area contributed by atoms with Gasteiger partial charge in [0.15, 0.2) is 0 Å². The van der Waals surface area contributed by atoms with E-state index in [2.05, 4.69) is 57.1 Å². The second-order valence-electron chi connectivity index (χ2n) is 3.64. The third-order valence-corrected chi connectivity index (χ3v) is 2.08. The Morgan fingerprint density at radius 3 is 1.77 bits per heavy atom. The van der Waals surface area contributed by atoms with Crippen LogP contribution >= 0.6 is 0 Å². The molecule has 0 spiro atoms. The van der Waals surface area contributed by atoms with E-state index in [0.717, 1.165) is 0 Å². The third-order valence-electron chi connectivity index (χ3n) is 2.08. The minimum atomic E-state index is 0. The van der Waals surface area contributed by atoms with Crippen molar-refractivity contribution in [1.29, 1.82) is 0 Å². The van der Waals surface area contributed by atoms with Crippen molar-refractivity contribution in [3.8, 4) is 0 Å². The van der Waals surface area contributed by atoms with E-state index >= 15 is 0 Å². The second kappa shape index (κ2) is 4.90. The Kier molecular flexibility index (Phi) is 4.53. The summed E-state index contributed by atoms with van der Waals surface area (Å²) in [5.41, 5.74) is 2.67. The monoisotopic (exact) mass is 179 g/mol. The molecule has 0 aliphatic rings. The molecule has 1 nitrogen and oxygen atoms in total. The van der Waals surface area contributed by atoms with Gasteiger partial charge in [-0.15, -0.1) is 0 Å². The fourth-order valence-electron chi connectivity index (χ4n) is 1.16. The molecule has 1 aromatic carbocycles. The van der Waals surface area contributed by atoms with Crippen molar-refractivity contribution < 1.29 is 0 Å². The van der Waals surface area contributed by atoms with Crippen molar-refractivity contribution in [3.05, 3.63) is 29.8 Å². The molecule has 74 valence electrons. The molecule has 0 saturated heterocycles. The highest BCUT2D eigenvalue weighted by Crippen LogP contribution is 2.18. The molecule has 1 aromatic rings. The van der Waals surface area contributed by atoms with E-state index in [0.29, 0.717) is 5.92 Å². The van der Waals surface area contributed by atoms with Crippen molar-refractivity contribution in [2.24, 2.45) is 0 Å². The van der Waals surface area contributed by atoms with Crippen LogP contribution in [0.15, 0.2) is 24.3 Å². The van der Waals surface area contributed by atoms with Gasteiger partial charge in [-0.25, -0.2) is 0 Å². The van der Waals surface area contributed by atoms with Crippen LogP contribution in [0.3, 0.4) is 0 Å². The fourth-order valence-corrected chi connectivity index (χ4v) is 1.16. The minimum absolute atomic E-state index is 0. The minimum Gasteiger partial charge on any atom is -0.378 e. The Hall–Kier alpha value is -0.980. The summed E-state index contributed by atoms with van der Waals surface area (Å²) in [4.78, 5) is 2.12. The SMILES string of the molecule is C.CC(C)c1ccc(N(C)C)cc1. The number of hydrogen-bond donors (Lipinski definition) is 0. The molecule has 1 rings (SSSR count). The van der Waals surface area contributed by atoms with Crippen molar-refractivity contribution in [3.63, 3.8) is 0 Å². The van der Waals surface area contributed by atoms with Crippen LogP contribution in [0.5, 0.6) is 0 Å². The van der Waals surface area contributed by atoms with Crippen LogP contribution in [-0.4, -0.2) is 14.1 Å². The Morgan fingerprint density at radius 1 is 1.00 bits per heavy atom. The molecule has 0 radical (unpaired) electrons. The maximum atomic E-state index is 2.21. The lowest BCUT2D eigenvalue weighted by Crippen LogP contribution is -2.08. The highest BCUT2D eigenvalue weighted by atomic mass is 15.1. The molecule has 0 saturated carbocycles. The summed E-state index contributed by atoms with van der Waals surface area (Å²) in [5.74, 6) is 0.626. The molecule has 0 amide bonds. The first-order valence-electron chi connectivity index (χ1n) is 4.38. The Bertz CT molecular complexity index is 207. The summed E-state index contributed by atoms with van der Waals surface area (Å²) < 4.78 is 0. The summed E-state index contributed by atoms with van der Waals surface area (Å²) >= 11 is 0. The largest absolute Gasteiger partial charge is 0.378 e. The van der Waals surface area contributed by atoms with Crippen LogP contribution in [-0.2, 0) is 0 Å². The normalized spacial score (nSPS) is 9.62. The van der Waals surface area contributed by atoms with Gasteiger partial charge in [-0.05, 0) is 23.6 Å². The predicted octanol–water partition coefficient (Wildman–Crippen LogP) is 3.51. The van der Waals surface area contributed by atoms with Crippen LogP contribution in [0.2, 0.25) is 0 Å². The van der Waals surface area contributed by atoms with E-state index < -0.39 is 0 Å². The second-order valence-corrected chi connectivity index (χ2v) is 3.64. The van der Waals surface area contributed by atoms with Crippen LogP contribution in [0.4, 0.5) is 5.69 Å². The van der Waals surface area contributed by atoms with Gasteiger partial charge in [-0.3, -0.25) is 0 Å². The van der Waals surface area contributed by atoms with E-state index in [1.54, 1.807) is 0 Å². The third kappa shape index (κ3) is 3.10. The lowest BCUT2D eigenvalue weighted by atomic mass is 10.0. The summed E-state index contributed by atoms with van der Waals surface area (Å²) in [6, 6.07) is 8.71. The molecule has 13 heavy (non-hydrogen) atoms. The van der Waals surface area contributed by atoms with Gasteiger partial charge in [-0.1, -0.05) is 33.4 Å². The molecule has 0 aliphatic carbocycles. The lowest BCUT2D eigenvalue weighted by Gasteiger charge is -2.13. The van der Waals surface area contributed by atoms with Gasteiger partial charge in [0, 0.05) is 19.8 Å². The quantitative estimate of drug-likeness (QED) is 0.671. The van der Waals surface area contributed by atoms with E-state index in [9.17, 15) is 0 Å². The van der Waals surface area contributed by atoms with E-state index in [1.807, 2.05) is 0 Å². The summed E-state index contributed by atoms with van der Waals surface area (Å²) in [5, 5.41) is 0. The van der Waals surface area contributed by atoms with Crippen LogP contribution in [0, 0.1) is 0 Å². The fraction of sp³-hybridized carbons (Fsp3) is 0.500. The molecule has 0 fully saturated rings. The maximum Gasteiger partial charge on any atom is 0.0361 e. The zero-order chi connectivity index (χ0) is 9.14. The molecule has 0 aliphatic heterocycles. The van der Waals surface area contributed by atoms with Crippen LogP contribution < -0.4 is 4.90 Å². The smallest absolute Gasteiger partial charge is 0.0361 e. The van der Waals surface area contributed by atoms with Crippen molar-refractivity contribution in [2.45, 2.75) is 27.2 Å². The lowest BCUT2D eigenvalue weighted by molar-refractivity contribution is 0.866. The number of benzene rings is 1. The van der Waals surface area contributed by atoms with Gasteiger partial charge in [0.2, 0.25) is 0 Å². The average Bonchev–Trinajstić information content (AvgIpc) is 2.04. The number of hydrogen-bond acceptors (Lipinski definition) is 1. The molecule has 0 bridgehead atoms. The first kappa shape index (κ1) is 12.0. The first-order chi connectivity index (χ1) is 5.61. The molecular formula is C12H21N. The van der Waals surface area contributed by atoms with Crippen molar-refractivity contribution in [2.75, 3.05) is 19.0 Å². The number of rotatable bonds is 2. The predicted molar refractivity (Wildman–Crippen MR) is 61.6 cm³/mol. The zero-order valence-corrected chi connectivity index (χ0v) is 8.33. The van der Waals surface area contributed by atoms with E-state index in [-0.39, 0.29) is 7.43 Å². The molecule has 0 unspecified atom stereocenters. The van der Waals surface area contributed by atoms with Crippen LogP contribution in [0.25, 0.3) is 0 Å². The van der Waals surface area contributed by atoms with Gasteiger partial charge in [-0.2, -0.15) is 0 Å². The van der Waals surface area contributed by atoms with Gasteiger partial charge in [0.25, 0.3) is 0 Å². The Morgan fingerprint density at radius 2 is 1.46 bits per heavy atom. The van der Waals surface area contributed by atoms with Crippen LogP contribution in [0.1, 0.15) is 32.8 Å². The summed E-state index contributed by atoms with van der Waals surface area (Å²) in [7, 11) is 4.12. The van der Waals surface area contributed by atoms with Crippen molar-refractivity contribution >= 4 is 5.69 Å². The average molecular weight is 179 g/mol. The zero-order valence-electron chi connectivity index (χ0n) is 8.33. The molecule has 0 atom stereocenters. The Labute approximate surface area is 82.4 Å². The highest BCUT2D eigenvalue weighted by molar-refractivity contribution is 5.46. The van der Waals surface area contributed by atoms with Gasteiger partial charge in [0.1, 0.15) is 0 Å². The molecular weight excluding hydrogens is 158 g/mol. The van der Waals surface area contributed by atoms with Gasteiger partial charge in [0.05, 0.1) is 0 Å². The van der Waals surface area contributed by atoms with E-state index in [1.165, 1.54) is 11.3 Å².